The lowest BCUT2D eigenvalue weighted by Crippen LogP contribution is -2.19. The molecule has 0 bridgehead atoms. The van der Waals surface area contributed by atoms with E-state index < -0.39 is 0 Å². The monoisotopic (exact) mass is 121 g/mol. The Kier molecular flexibility index (Phi) is 0.841. The lowest BCUT2D eigenvalue weighted by Gasteiger charge is -1.91. The van der Waals surface area contributed by atoms with E-state index in [1.54, 1.807) is 0 Å². The normalized spacial score (nSPS) is 13.8. The molecule has 0 amide bonds. The van der Waals surface area contributed by atoms with Gasteiger partial charge >= 0.3 is 0 Å². The summed E-state index contributed by atoms with van der Waals surface area (Å²) in [5.41, 5.74) is 10.9. The molecule has 0 spiro atoms. The van der Waals surface area contributed by atoms with Crippen LogP contribution in [0.2, 0.25) is 0 Å². The number of hydrazine groups is 2. The van der Waals surface area contributed by atoms with E-state index in [1.165, 1.54) is 0 Å². The lowest BCUT2D eigenvalue weighted by molar-refractivity contribution is 1.01. The number of anilines is 2. The Balaban J connectivity index is 2.54. The molecule has 0 fully saturated rings. The van der Waals surface area contributed by atoms with Crippen LogP contribution >= 0.6 is 0 Å². The van der Waals surface area contributed by atoms with Gasteiger partial charge in [0.1, 0.15) is 0 Å². The van der Waals surface area contributed by atoms with Gasteiger partial charge in [0, 0.05) is 0 Å². The molecule has 0 saturated heterocycles. The average molecular weight is 121 g/mol. The number of hydrogen-bond acceptors (Lipinski definition) is 3. The fourth-order valence-electron chi connectivity index (χ4n) is 0.867. The topological polar surface area (TPSA) is 36.1 Å². The summed E-state index contributed by atoms with van der Waals surface area (Å²) in [5.74, 6) is 0. The predicted molar refractivity (Wildman–Crippen MR) is 36.8 cm³/mol. The number of para-hydroxylation sites is 2. The lowest BCUT2D eigenvalue weighted by atomic mass is 10.3. The molecule has 2 rings (SSSR count). The molecule has 3 nitrogen and oxygen atoms in total. The van der Waals surface area contributed by atoms with Crippen molar-refractivity contribution in [2.24, 2.45) is 0 Å². The highest BCUT2D eigenvalue weighted by Crippen LogP contribution is 2.21. The zero-order valence-electron chi connectivity index (χ0n) is 4.81. The Morgan fingerprint density at radius 2 is 1.44 bits per heavy atom. The van der Waals surface area contributed by atoms with Crippen molar-refractivity contribution in [1.82, 2.24) is 5.53 Å². The third-order valence-corrected chi connectivity index (χ3v) is 1.32. The second kappa shape index (κ2) is 1.63. The summed E-state index contributed by atoms with van der Waals surface area (Å²) in [6.07, 6.45) is 0. The molecular weight excluding hydrogens is 114 g/mol. The minimum Gasteiger partial charge on any atom is -0.302 e. The zero-order valence-corrected chi connectivity index (χ0v) is 4.81. The summed E-state index contributed by atoms with van der Waals surface area (Å²) in [5, 5.41) is 0. The maximum Gasteiger partial charge on any atom is 0.0750 e. The Morgan fingerprint density at radius 1 is 0.889 bits per heavy atom. The highest BCUT2D eigenvalue weighted by Gasteiger charge is 2.04. The number of rotatable bonds is 0. The molecule has 1 aromatic carbocycles. The van der Waals surface area contributed by atoms with Crippen molar-refractivity contribution in [1.29, 1.82) is 0 Å². The van der Waals surface area contributed by atoms with E-state index in [9.17, 15) is 0 Å². The van der Waals surface area contributed by atoms with Gasteiger partial charge in [-0.05, 0) is 12.1 Å². The first-order valence-corrected chi connectivity index (χ1v) is 2.83. The van der Waals surface area contributed by atoms with E-state index in [1.807, 2.05) is 24.3 Å². The number of nitrogens with one attached hydrogen (secondary N) is 3. The summed E-state index contributed by atoms with van der Waals surface area (Å²) in [6, 6.07) is 7.98. The van der Waals surface area contributed by atoms with Gasteiger partial charge in [0.25, 0.3) is 0 Å². The third-order valence-electron chi connectivity index (χ3n) is 1.32. The van der Waals surface area contributed by atoms with Crippen molar-refractivity contribution in [2.45, 2.75) is 0 Å². The fourth-order valence-corrected chi connectivity index (χ4v) is 0.867. The van der Waals surface area contributed by atoms with E-state index in [2.05, 4.69) is 16.4 Å². The molecule has 0 unspecified atom stereocenters. The van der Waals surface area contributed by atoms with E-state index >= 15 is 0 Å². The minimum atomic E-state index is 1.09. The molecule has 1 heterocycles. The molecule has 1 aliphatic rings. The third kappa shape index (κ3) is 0.622. The van der Waals surface area contributed by atoms with Gasteiger partial charge in [0.05, 0.1) is 11.4 Å². The Bertz CT molecular complexity index is 198. The van der Waals surface area contributed by atoms with Crippen molar-refractivity contribution >= 4 is 11.4 Å². The van der Waals surface area contributed by atoms with Crippen LogP contribution in [0.1, 0.15) is 0 Å². The van der Waals surface area contributed by atoms with E-state index in [4.69, 9.17) is 0 Å². The molecule has 1 aliphatic heterocycles. The summed E-state index contributed by atoms with van der Waals surface area (Å²) in [4.78, 5) is 0. The molecule has 0 aromatic heterocycles. The van der Waals surface area contributed by atoms with Crippen molar-refractivity contribution in [2.75, 3.05) is 10.9 Å². The van der Waals surface area contributed by atoms with Gasteiger partial charge in [-0.25, -0.2) is 0 Å². The van der Waals surface area contributed by atoms with Crippen LogP contribution < -0.4 is 16.4 Å². The Morgan fingerprint density at radius 3 is 2.00 bits per heavy atom. The van der Waals surface area contributed by atoms with Crippen LogP contribution in [0.4, 0.5) is 11.4 Å². The Hall–Kier alpha value is -1.22. The van der Waals surface area contributed by atoms with Crippen molar-refractivity contribution in [3.63, 3.8) is 0 Å². The molecule has 3 N–H and O–H groups in total. The molecule has 9 heavy (non-hydrogen) atoms. The van der Waals surface area contributed by atoms with Crippen LogP contribution in [0.15, 0.2) is 24.3 Å². The average Bonchev–Trinajstić information content (AvgIpc) is 2.33. The summed E-state index contributed by atoms with van der Waals surface area (Å²) < 4.78 is 0. The highest BCUT2D eigenvalue weighted by atomic mass is 15.6. The van der Waals surface area contributed by atoms with Gasteiger partial charge in [-0.15, -0.1) is 5.53 Å². The van der Waals surface area contributed by atoms with E-state index in [0.717, 1.165) is 11.4 Å². The summed E-state index contributed by atoms with van der Waals surface area (Å²) >= 11 is 0. The van der Waals surface area contributed by atoms with Gasteiger partial charge in [0.15, 0.2) is 0 Å². The maximum absolute atomic E-state index is 2.94. The summed E-state index contributed by atoms with van der Waals surface area (Å²) in [7, 11) is 0. The zero-order chi connectivity index (χ0) is 6.10. The molecule has 1 aromatic rings. The first-order valence-electron chi connectivity index (χ1n) is 2.83. The Labute approximate surface area is 53.0 Å². The molecule has 0 saturated carbocycles. The van der Waals surface area contributed by atoms with Crippen LogP contribution in [-0.4, -0.2) is 0 Å². The SMILES string of the molecule is c1ccc2c(c1)NNN2. The van der Waals surface area contributed by atoms with Gasteiger partial charge in [-0.2, -0.15) is 0 Å². The van der Waals surface area contributed by atoms with Crippen LogP contribution in [0.25, 0.3) is 0 Å². The number of benzene rings is 1. The molecule has 0 atom stereocenters. The van der Waals surface area contributed by atoms with Crippen molar-refractivity contribution in [3.05, 3.63) is 24.3 Å². The molecular formula is C6H7N3. The minimum absolute atomic E-state index is 1.09. The predicted octanol–water partition coefficient (Wildman–Crippen LogP) is 0.944. The quantitative estimate of drug-likeness (QED) is 0.478. The van der Waals surface area contributed by atoms with Gasteiger partial charge in [-0.1, -0.05) is 12.1 Å². The largest absolute Gasteiger partial charge is 0.302 e. The van der Waals surface area contributed by atoms with Crippen molar-refractivity contribution in [3.8, 4) is 0 Å². The maximum atomic E-state index is 2.94. The molecule has 0 radical (unpaired) electrons. The van der Waals surface area contributed by atoms with Gasteiger partial charge < -0.3 is 10.9 Å². The second-order valence-electron chi connectivity index (χ2n) is 1.92. The van der Waals surface area contributed by atoms with E-state index in [0.29, 0.717) is 0 Å². The van der Waals surface area contributed by atoms with E-state index in [-0.39, 0.29) is 0 Å². The number of fused-ring (bicyclic) bond motifs is 1. The van der Waals surface area contributed by atoms with Gasteiger partial charge in [0.2, 0.25) is 0 Å². The number of hydrogen-bond donors (Lipinski definition) is 3. The second-order valence-corrected chi connectivity index (χ2v) is 1.92. The smallest absolute Gasteiger partial charge is 0.0750 e. The van der Waals surface area contributed by atoms with Crippen LogP contribution in [0.5, 0.6) is 0 Å². The highest BCUT2D eigenvalue weighted by molar-refractivity contribution is 5.70. The van der Waals surface area contributed by atoms with Crippen LogP contribution in [-0.2, 0) is 0 Å². The standard InChI is InChI=1S/C6H7N3/c1-2-4-6-5(3-1)7-9-8-6/h1-4,7-9H. The van der Waals surface area contributed by atoms with Crippen molar-refractivity contribution < 1.29 is 0 Å². The fraction of sp³-hybridized carbons (Fsp3) is 0. The summed E-state index contributed by atoms with van der Waals surface area (Å²) in [6.45, 7) is 0. The first kappa shape index (κ1) is 4.64. The molecule has 3 heteroatoms. The first-order chi connectivity index (χ1) is 4.47. The van der Waals surface area contributed by atoms with Crippen LogP contribution in [0, 0.1) is 0 Å². The van der Waals surface area contributed by atoms with Gasteiger partial charge in [-0.3, -0.25) is 0 Å². The molecule has 0 aliphatic carbocycles. The molecule has 46 valence electrons. The van der Waals surface area contributed by atoms with Crippen LogP contribution in [0.3, 0.4) is 0 Å².